The molecule has 1 aromatic carbocycles. The molecule has 3 unspecified atom stereocenters. The van der Waals surface area contributed by atoms with Gasteiger partial charge in [0.25, 0.3) is 0 Å². The van der Waals surface area contributed by atoms with Crippen LogP contribution in [-0.2, 0) is 0 Å². The molecule has 94 valence electrons. The summed E-state index contributed by atoms with van der Waals surface area (Å²) in [6.07, 6.45) is 4.22. The van der Waals surface area contributed by atoms with Gasteiger partial charge in [-0.15, -0.1) is 0 Å². The highest BCUT2D eigenvalue weighted by Gasteiger charge is 2.21. The predicted molar refractivity (Wildman–Crippen MR) is 71.0 cm³/mol. The van der Waals surface area contributed by atoms with Crippen LogP contribution in [0.1, 0.15) is 49.8 Å². The highest BCUT2D eigenvalue weighted by molar-refractivity contribution is 5.27. The average Bonchev–Trinajstić information content (AvgIpc) is 2.29. The standard InChI is InChI=1S/C15H23NO/c1-11-6-3-4-9-14(11)15(17)10-13-8-5-7-12(2)16-13/h3-4,6,9,12-13,15-17H,5,7-8,10H2,1-2H3. The summed E-state index contributed by atoms with van der Waals surface area (Å²) in [6, 6.07) is 9.18. The van der Waals surface area contributed by atoms with Crippen molar-refractivity contribution in [2.24, 2.45) is 0 Å². The molecule has 2 rings (SSSR count). The number of aryl methyl sites for hydroxylation is 1. The molecule has 0 spiro atoms. The Morgan fingerprint density at radius 3 is 2.82 bits per heavy atom. The second kappa shape index (κ2) is 5.65. The molecule has 17 heavy (non-hydrogen) atoms. The lowest BCUT2D eigenvalue weighted by atomic mass is 9.92. The number of nitrogens with one attached hydrogen (secondary N) is 1. The maximum Gasteiger partial charge on any atom is 0.0807 e. The van der Waals surface area contributed by atoms with E-state index in [9.17, 15) is 5.11 Å². The highest BCUT2D eigenvalue weighted by Crippen LogP contribution is 2.25. The quantitative estimate of drug-likeness (QED) is 0.841. The third-order valence-corrected chi connectivity index (χ3v) is 3.77. The lowest BCUT2D eigenvalue weighted by Crippen LogP contribution is -2.41. The molecular weight excluding hydrogens is 210 g/mol. The molecule has 1 aliphatic heterocycles. The van der Waals surface area contributed by atoms with Crippen LogP contribution >= 0.6 is 0 Å². The zero-order valence-electron chi connectivity index (χ0n) is 10.8. The zero-order chi connectivity index (χ0) is 12.3. The Hall–Kier alpha value is -0.860. The minimum atomic E-state index is -0.334. The fourth-order valence-electron chi connectivity index (χ4n) is 2.78. The summed E-state index contributed by atoms with van der Waals surface area (Å²) < 4.78 is 0. The van der Waals surface area contributed by atoms with E-state index in [-0.39, 0.29) is 6.10 Å². The second-order valence-corrected chi connectivity index (χ2v) is 5.30. The first kappa shape index (κ1) is 12.6. The zero-order valence-corrected chi connectivity index (χ0v) is 10.8. The highest BCUT2D eigenvalue weighted by atomic mass is 16.3. The lowest BCUT2D eigenvalue weighted by Gasteiger charge is -2.30. The van der Waals surface area contributed by atoms with Gasteiger partial charge in [-0.25, -0.2) is 0 Å². The SMILES string of the molecule is Cc1ccccc1C(O)CC1CCCC(C)N1. The van der Waals surface area contributed by atoms with Crippen molar-refractivity contribution in [3.8, 4) is 0 Å². The van der Waals surface area contributed by atoms with Gasteiger partial charge in [0.2, 0.25) is 0 Å². The molecule has 0 radical (unpaired) electrons. The van der Waals surface area contributed by atoms with Crippen molar-refractivity contribution in [3.05, 3.63) is 35.4 Å². The Kier molecular flexibility index (Phi) is 4.19. The van der Waals surface area contributed by atoms with Gasteiger partial charge in [0.1, 0.15) is 0 Å². The normalized spacial score (nSPS) is 26.8. The van der Waals surface area contributed by atoms with E-state index in [1.807, 2.05) is 18.2 Å². The third-order valence-electron chi connectivity index (χ3n) is 3.77. The van der Waals surface area contributed by atoms with E-state index < -0.39 is 0 Å². The van der Waals surface area contributed by atoms with Gasteiger partial charge in [-0.1, -0.05) is 30.7 Å². The largest absolute Gasteiger partial charge is 0.388 e. The number of hydrogen-bond acceptors (Lipinski definition) is 2. The van der Waals surface area contributed by atoms with Crippen LogP contribution in [-0.4, -0.2) is 17.2 Å². The number of benzene rings is 1. The second-order valence-electron chi connectivity index (χ2n) is 5.30. The maximum absolute atomic E-state index is 10.3. The summed E-state index contributed by atoms with van der Waals surface area (Å²) in [4.78, 5) is 0. The first-order chi connectivity index (χ1) is 8.16. The van der Waals surface area contributed by atoms with Crippen LogP contribution in [0, 0.1) is 6.92 Å². The van der Waals surface area contributed by atoms with Gasteiger partial charge in [0, 0.05) is 12.1 Å². The number of rotatable bonds is 3. The molecule has 1 fully saturated rings. The first-order valence-corrected chi connectivity index (χ1v) is 6.66. The summed E-state index contributed by atoms with van der Waals surface area (Å²) in [6.45, 7) is 4.29. The molecule has 0 bridgehead atoms. The van der Waals surface area contributed by atoms with Gasteiger partial charge in [-0.2, -0.15) is 0 Å². The third kappa shape index (κ3) is 3.30. The van der Waals surface area contributed by atoms with Gasteiger partial charge in [-0.05, 0) is 44.2 Å². The number of piperidine rings is 1. The summed E-state index contributed by atoms with van der Waals surface area (Å²) >= 11 is 0. The van der Waals surface area contributed by atoms with E-state index in [1.54, 1.807) is 0 Å². The van der Waals surface area contributed by atoms with E-state index in [2.05, 4.69) is 25.2 Å². The van der Waals surface area contributed by atoms with E-state index in [1.165, 1.54) is 24.8 Å². The van der Waals surface area contributed by atoms with Crippen LogP contribution in [0.15, 0.2) is 24.3 Å². The monoisotopic (exact) mass is 233 g/mol. The summed E-state index contributed by atoms with van der Waals surface area (Å²) in [7, 11) is 0. The maximum atomic E-state index is 10.3. The molecule has 1 aliphatic rings. The molecule has 0 saturated carbocycles. The summed E-state index contributed by atoms with van der Waals surface area (Å²) in [5.41, 5.74) is 2.26. The van der Waals surface area contributed by atoms with E-state index in [0.29, 0.717) is 12.1 Å². The molecule has 0 aromatic heterocycles. The molecule has 1 saturated heterocycles. The van der Waals surface area contributed by atoms with E-state index in [4.69, 9.17) is 0 Å². The van der Waals surface area contributed by atoms with Crippen molar-refractivity contribution in [2.75, 3.05) is 0 Å². The average molecular weight is 233 g/mol. The van der Waals surface area contributed by atoms with Crippen LogP contribution in [0.25, 0.3) is 0 Å². The van der Waals surface area contributed by atoms with Crippen molar-refractivity contribution < 1.29 is 5.11 Å². The van der Waals surface area contributed by atoms with E-state index in [0.717, 1.165) is 12.0 Å². The predicted octanol–water partition coefficient (Wildman–Crippen LogP) is 2.95. The van der Waals surface area contributed by atoms with Gasteiger partial charge >= 0.3 is 0 Å². The van der Waals surface area contributed by atoms with Crippen molar-refractivity contribution in [1.29, 1.82) is 0 Å². The molecular formula is C15H23NO. The van der Waals surface area contributed by atoms with Gasteiger partial charge in [0.05, 0.1) is 6.10 Å². The molecule has 2 heteroatoms. The van der Waals surface area contributed by atoms with Crippen LogP contribution in [0.3, 0.4) is 0 Å². The fourth-order valence-corrected chi connectivity index (χ4v) is 2.78. The molecule has 2 nitrogen and oxygen atoms in total. The Labute approximate surface area is 104 Å². The Balaban J connectivity index is 1.97. The molecule has 0 amide bonds. The number of aliphatic hydroxyl groups is 1. The molecule has 3 atom stereocenters. The Morgan fingerprint density at radius 2 is 2.12 bits per heavy atom. The summed E-state index contributed by atoms with van der Waals surface area (Å²) in [5.74, 6) is 0. The van der Waals surface area contributed by atoms with Crippen molar-refractivity contribution in [1.82, 2.24) is 5.32 Å². The van der Waals surface area contributed by atoms with Crippen molar-refractivity contribution in [2.45, 2.75) is 57.7 Å². The smallest absolute Gasteiger partial charge is 0.0807 e. The van der Waals surface area contributed by atoms with Crippen LogP contribution in [0.4, 0.5) is 0 Å². The Morgan fingerprint density at radius 1 is 1.35 bits per heavy atom. The van der Waals surface area contributed by atoms with Crippen LogP contribution < -0.4 is 5.32 Å². The van der Waals surface area contributed by atoms with Crippen molar-refractivity contribution >= 4 is 0 Å². The first-order valence-electron chi connectivity index (χ1n) is 6.66. The number of hydrogen-bond donors (Lipinski definition) is 2. The summed E-state index contributed by atoms with van der Waals surface area (Å²) in [5, 5.41) is 13.9. The number of aliphatic hydroxyl groups excluding tert-OH is 1. The molecule has 1 aromatic rings. The van der Waals surface area contributed by atoms with Crippen molar-refractivity contribution in [3.63, 3.8) is 0 Å². The van der Waals surface area contributed by atoms with Gasteiger partial charge in [-0.3, -0.25) is 0 Å². The molecule has 2 N–H and O–H groups in total. The topological polar surface area (TPSA) is 32.3 Å². The minimum Gasteiger partial charge on any atom is -0.388 e. The van der Waals surface area contributed by atoms with Crippen LogP contribution in [0.5, 0.6) is 0 Å². The Bertz CT molecular complexity index is 364. The fraction of sp³-hybridized carbons (Fsp3) is 0.600. The minimum absolute atomic E-state index is 0.334. The molecule has 1 heterocycles. The lowest BCUT2D eigenvalue weighted by molar-refractivity contribution is 0.139. The van der Waals surface area contributed by atoms with Gasteiger partial charge in [0.15, 0.2) is 0 Å². The van der Waals surface area contributed by atoms with E-state index >= 15 is 0 Å². The van der Waals surface area contributed by atoms with Crippen LogP contribution in [0.2, 0.25) is 0 Å². The molecule has 0 aliphatic carbocycles. The van der Waals surface area contributed by atoms with Gasteiger partial charge < -0.3 is 10.4 Å².